The third kappa shape index (κ3) is 4.42. The molecule has 3 amide bonds. The number of hydrogen-bond donors (Lipinski definition) is 1. The lowest BCUT2D eigenvalue weighted by molar-refractivity contribution is -0.154. The Morgan fingerprint density at radius 1 is 1.11 bits per heavy atom. The molecule has 0 aromatic heterocycles. The van der Waals surface area contributed by atoms with Gasteiger partial charge in [0.25, 0.3) is 5.91 Å². The molecule has 2 aliphatic rings. The summed E-state index contributed by atoms with van der Waals surface area (Å²) in [6, 6.07) is 4.54. The van der Waals surface area contributed by atoms with E-state index >= 15 is 0 Å². The van der Waals surface area contributed by atoms with Gasteiger partial charge < -0.3 is 10.1 Å². The summed E-state index contributed by atoms with van der Waals surface area (Å²) < 4.78 is 4.89. The number of nitrogens with zero attached hydrogens (tertiary/aromatic N) is 1. The fourth-order valence-corrected chi connectivity index (χ4v) is 3.94. The van der Waals surface area contributed by atoms with E-state index in [2.05, 4.69) is 5.32 Å². The van der Waals surface area contributed by atoms with Crippen molar-refractivity contribution in [2.24, 2.45) is 11.8 Å². The molecule has 0 unspecified atom stereocenters. The number of benzene rings is 1. The van der Waals surface area contributed by atoms with E-state index in [1.807, 2.05) is 0 Å². The first-order chi connectivity index (χ1) is 12.9. The van der Waals surface area contributed by atoms with E-state index < -0.39 is 25.0 Å². The molecule has 1 saturated carbocycles. The molecule has 27 heavy (non-hydrogen) atoms. The molecule has 144 valence electrons. The van der Waals surface area contributed by atoms with Gasteiger partial charge >= 0.3 is 5.97 Å². The maximum Gasteiger partial charge on any atom is 0.326 e. The maximum absolute atomic E-state index is 12.3. The summed E-state index contributed by atoms with van der Waals surface area (Å²) in [6.07, 6.45) is 3.16. The van der Waals surface area contributed by atoms with Crippen LogP contribution in [0.3, 0.4) is 0 Å². The number of amides is 3. The molecule has 1 N–H and O–H groups in total. The molecule has 0 bridgehead atoms. The molecule has 1 aromatic carbocycles. The van der Waals surface area contributed by atoms with Gasteiger partial charge in [0, 0.05) is 5.02 Å². The molecule has 0 spiro atoms. The minimum atomic E-state index is -0.812. The van der Waals surface area contributed by atoms with Gasteiger partial charge in [0.1, 0.15) is 6.54 Å². The fraction of sp³-hybridized carbons (Fsp3) is 0.444. The van der Waals surface area contributed by atoms with Crippen LogP contribution in [-0.2, 0) is 23.9 Å². The first-order valence-electron chi connectivity index (χ1n) is 8.62. The summed E-state index contributed by atoms with van der Waals surface area (Å²) in [5, 5.41) is 3.16. The number of nitrogens with one attached hydrogen (secondary N) is 1. The van der Waals surface area contributed by atoms with Crippen molar-refractivity contribution >= 4 is 52.6 Å². The van der Waals surface area contributed by atoms with Gasteiger partial charge in [-0.15, -0.1) is 0 Å². The standard InChI is InChI=1S/C18H18Cl2N2O5/c19-10-5-6-14(13(20)7-10)21-15(23)9-27-16(24)8-22-17(25)11-3-1-2-4-12(11)18(22)26/h5-7,11-12H,1-4,8-9H2,(H,21,23)/t11-,12+. The first-order valence-corrected chi connectivity index (χ1v) is 9.38. The average Bonchev–Trinajstić information content (AvgIpc) is 2.88. The van der Waals surface area contributed by atoms with Crippen molar-refractivity contribution in [3.63, 3.8) is 0 Å². The topological polar surface area (TPSA) is 92.8 Å². The number of rotatable bonds is 5. The normalized spacial score (nSPS) is 21.8. The Morgan fingerprint density at radius 2 is 1.74 bits per heavy atom. The van der Waals surface area contributed by atoms with Gasteiger partial charge in [-0.25, -0.2) is 0 Å². The molecule has 1 aliphatic heterocycles. The Hall–Kier alpha value is -2.12. The van der Waals surface area contributed by atoms with E-state index in [0.29, 0.717) is 23.6 Å². The number of carbonyl (C=O) groups is 4. The van der Waals surface area contributed by atoms with Crippen LogP contribution in [0.25, 0.3) is 0 Å². The van der Waals surface area contributed by atoms with Crippen LogP contribution in [0.2, 0.25) is 10.0 Å². The first kappa shape index (κ1) is 19.6. The third-order valence-electron chi connectivity index (χ3n) is 4.79. The Balaban J connectivity index is 1.50. The number of halogens is 2. The van der Waals surface area contributed by atoms with Gasteiger partial charge in [0.15, 0.2) is 6.61 Å². The second kappa shape index (κ2) is 8.27. The monoisotopic (exact) mass is 412 g/mol. The van der Waals surface area contributed by atoms with Crippen LogP contribution >= 0.6 is 23.2 Å². The van der Waals surface area contributed by atoms with Crippen molar-refractivity contribution in [3.05, 3.63) is 28.2 Å². The zero-order valence-electron chi connectivity index (χ0n) is 14.4. The number of carbonyl (C=O) groups excluding carboxylic acids is 4. The zero-order valence-corrected chi connectivity index (χ0v) is 15.9. The smallest absolute Gasteiger partial charge is 0.326 e. The SMILES string of the molecule is O=C(COC(=O)CN1C(=O)[C@H]2CCCC[C@H]2C1=O)Nc1ccc(Cl)cc1Cl. The lowest BCUT2D eigenvalue weighted by atomic mass is 9.81. The highest BCUT2D eigenvalue weighted by Crippen LogP contribution is 2.37. The molecular formula is C18H18Cl2N2O5. The number of fused-ring (bicyclic) bond motifs is 1. The number of esters is 1. The Bertz CT molecular complexity index is 774. The van der Waals surface area contributed by atoms with Gasteiger partial charge in [-0.3, -0.25) is 24.1 Å². The highest BCUT2D eigenvalue weighted by Gasteiger charge is 2.48. The third-order valence-corrected chi connectivity index (χ3v) is 5.34. The summed E-state index contributed by atoms with van der Waals surface area (Å²) in [7, 11) is 0. The van der Waals surface area contributed by atoms with E-state index in [1.165, 1.54) is 12.1 Å². The van der Waals surface area contributed by atoms with Gasteiger partial charge in [0.2, 0.25) is 11.8 Å². The lowest BCUT2D eigenvalue weighted by Gasteiger charge is -2.19. The number of likely N-dealkylation sites (tertiary alicyclic amines) is 1. The maximum atomic E-state index is 12.3. The van der Waals surface area contributed by atoms with Crippen LogP contribution in [0.15, 0.2) is 18.2 Å². The molecule has 1 aromatic rings. The van der Waals surface area contributed by atoms with Crippen LogP contribution in [-0.4, -0.2) is 41.7 Å². The summed E-state index contributed by atoms with van der Waals surface area (Å²) >= 11 is 11.7. The van der Waals surface area contributed by atoms with Crippen molar-refractivity contribution in [3.8, 4) is 0 Å². The molecule has 1 aliphatic carbocycles. The number of hydrogen-bond acceptors (Lipinski definition) is 5. The van der Waals surface area contributed by atoms with Crippen LogP contribution in [0.4, 0.5) is 5.69 Å². The average molecular weight is 413 g/mol. The minimum absolute atomic E-state index is 0.248. The molecule has 1 saturated heterocycles. The van der Waals surface area contributed by atoms with Crippen LogP contribution < -0.4 is 5.32 Å². The van der Waals surface area contributed by atoms with Crippen molar-refractivity contribution in [2.45, 2.75) is 25.7 Å². The van der Waals surface area contributed by atoms with E-state index in [4.69, 9.17) is 27.9 Å². The Morgan fingerprint density at radius 3 is 2.33 bits per heavy atom. The quantitative estimate of drug-likeness (QED) is 0.592. The lowest BCUT2D eigenvalue weighted by Crippen LogP contribution is -2.37. The second-order valence-electron chi connectivity index (χ2n) is 6.59. The largest absolute Gasteiger partial charge is 0.454 e. The predicted molar refractivity (Wildman–Crippen MR) is 98.2 cm³/mol. The molecule has 2 atom stereocenters. The van der Waals surface area contributed by atoms with Gasteiger partial charge in [-0.2, -0.15) is 0 Å². The zero-order chi connectivity index (χ0) is 19.6. The van der Waals surface area contributed by atoms with Crippen molar-refractivity contribution in [1.82, 2.24) is 4.90 Å². The summed E-state index contributed by atoms with van der Waals surface area (Å²) in [4.78, 5) is 49.5. The highest BCUT2D eigenvalue weighted by molar-refractivity contribution is 6.36. The van der Waals surface area contributed by atoms with Crippen LogP contribution in [0.5, 0.6) is 0 Å². The summed E-state index contributed by atoms with van der Waals surface area (Å²) in [5.41, 5.74) is 0.330. The minimum Gasteiger partial charge on any atom is -0.454 e. The Kier molecular flexibility index (Phi) is 6.01. The summed E-state index contributed by atoms with van der Waals surface area (Å²) in [6.45, 7) is -1.03. The predicted octanol–water partition coefficient (Wildman–Crippen LogP) is 2.65. The molecule has 7 nitrogen and oxygen atoms in total. The van der Waals surface area contributed by atoms with E-state index in [1.54, 1.807) is 6.07 Å². The molecule has 0 radical (unpaired) electrons. The molecule has 1 heterocycles. The van der Waals surface area contributed by atoms with Crippen LogP contribution in [0.1, 0.15) is 25.7 Å². The number of imide groups is 1. The van der Waals surface area contributed by atoms with Gasteiger partial charge in [-0.1, -0.05) is 36.0 Å². The van der Waals surface area contributed by atoms with Crippen molar-refractivity contribution < 1.29 is 23.9 Å². The van der Waals surface area contributed by atoms with Crippen molar-refractivity contribution in [2.75, 3.05) is 18.5 Å². The molecule has 2 fully saturated rings. The van der Waals surface area contributed by atoms with Crippen molar-refractivity contribution in [1.29, 1.82) is 0 Å². The molecular weight excluding hydrogens is 395 g/mol. The van der Waals surface area contributed by atoms with Crippen LogP contribution in [0, 0.1) is 11.8 Å². The molecule has 9 heteroatoms. The Labute approximate surface area is 165 Å². The van der Waals surface area contributed by atoms with E-state index in [-0.39, 0.29) is 28.7 Å². The number of anilines is 1. The second-order valence-corrected chi connectivity index (χ2v) is 7.44. The van der Waals surface area contributed by atoms with E-state index in [0.717, 1.165) is 17.7 Å². The molecule has 3 rings (SSSR count). The highest BCUT2D eigenvalue weighted by atomic mass is 35.5. The van der Waals surface area contributed by atoms with Gasteiger partial charge in [-0.05, 0) is 31.0 Å². The van der Waals surface area contributed by atoms with E-state index in [9.17, 15) is 19.2 Å². The summed E-state index contributed by atoms with van der Waals surface area (Å²) in [5.74, 6) is -2.70. The fourth-order valence-electron chi connectivity index (χ4n) is 3.48. The van der Waals surface area contributed by atoms with Gasteiger partial charge in [0.05, 0.1) is 22.5 Å². The number of ether oxygens (including phenoxy) is 1.